The predicted octanol–water partition coefficient (Wildman–Crippen LogP) is 2.52. The number of amides is 1. The van der Waals surface area contributed by atoms with Crippen molar-refractivity contribution in [2.24, 2.45) is 0 Å². The number of carbonyl (C=O) groups excluding carboxylic acids is 1. The topological polar surface area (TPSA) is 91.4 Å². The smallest absolute Gasteiger partial charge is 0.244 e. The minimum absolute atomic E-state index is 0.116. The molecule has 2 N–H and O–H groups in total. The zero-order chi connectivity index (χ0) is 20.9. The maximum Gasteiger partial charge on any atom is 0.244 e. The Morgan fingerprint density at radius 1 is 1.24 bits per heavy atom. The monoisotopic (exact) mass is 418 g/mol. The van der Waals surface area contributed by atoms with Gasteiger partial charge in [0.15, 0.2) is 0 Å². The van der Waals surface area contributed by atoms with Crippen molar-refractivity contribution in [1.82, 2.24) is 10.3 Å². The van der Waals surface area contributed by atoms with Crippen molar-refractivity contribution >= 4 is 33.5 Å². The summed E-state index contributed by atoms with van der Waals surface area (Å²) >= 11 is 0. The van der Waals surface area contributed by atoms with Gasteiger partial charge in [-0.05, 0) is 54.3 Å². The third kappa shape index (κ3) is 6.28. The lowest BCUT2D eigenvalue weighted by Gasteiger charge is -2.15. The van der Waals surface area contributed by atoms with E-state index in [0.29, 0.717) is 5.56 Å². The van der Waals surface area contributed by atoms with Crippen molar-refractivity contribution in [2.45, 2.75) is 19.4 Å². The van der Waals surface area contributed by atoms with Crippen molar-refractivity contribution in [2.75, 3.05) is 29.0 Å². The summed E-state index contributed by atoms with van der Waals surface area (Å²) in [5.41, 5.74) is 1.19. The molecule has 29 heavy (non-hydrogen) atoms. The molecule has 0 bridgehead atoms. The highest BCUT2D eigenvalue weighted by molar-refractivity contribution is 7.92. The third-order valence-corrected chi connectivity index (χ3v) is 5.01. The standard InChI is InChI=1S/C20H23FN4O3S/c1-29(27,28)24-18-7-4-16(12-17(18)21)14-23-20(26)9-6-15-5-8-19(22-13-15)25-10-2-3-11-25/h4-9,12-13,24H,2-3,10-11,14H2,1H3,(H,23,26). The van der Waals surface area contributed by atoms with Crippen LogP contribution in [0.2, 0.25) is 0 Å². The van der Waals surface area contributed by atoms with Crippen LogP contribution >= 0.6 is 0 Å². The number of hydrogen-bond acceptors (Lipinski definition) is 5. The van der Waals surface area contributed by atoms with Crippen LogP contribution in [0.1, 0.15) is 24.0 Å². The molecule has 1 aromatic carbocycles. The number of nitrogens with one attached hydrogen (secondary N) is 2. The number of halogens is 1. The lowest BCUT2D eigenvalue weighted by Crippen LogP contribution is -2.20. The lowest BCUT2D eigenvalue weighted by molar-refractivity contribution is -0.116. The van der Waals surface area contributed by atoms with Crippen molar-refractivity contribution in [3.63, 3.8) is 0 Å². The summed E-state index contributed by atoms with van der Waals surface area (Å²) < 4.78 is 38.4. The Morgan fingerprint density at radius 3 is 2.62 bits per heavy atom. The van der Waals surface area contributed by atoms with Crippen LogP contribution in [-0.4, -0.2) is 38.7 Å². The first kappa shape index (κ1) is 20.8. The first-order valence-corrected chi connectivity index (χ1v) is 11.1. The Bertz CT molecular complexity index is 1000. The molecule has 1 aliphatic rings. The number of anilines is 2. The Morgan fingerprint density at radius 2 is 2.00 bits per heavy atom. The van der Waals surface area contributed by atoms with Gasteiger partial charge in [0.1, 0.15) is 11.6 Å². The van der Waals surface area contributed by atoms with Gasteiger partial charge >= 0.3 is 0 Å². The number of benzene rings is 1. The number of nitrogens with zero attached hydrogens (tertiary/aromatic N) is 2. The molecule has 0 saturated carbocycles. The third-order valence-electron chi connectivity index (χ3n) is 4.42. The van der Waals surface area contributed by atoms with Gasteiger partial charge in [0.25, 0.3) is 0 Å². The van der Waals surface area contributed by atoms with Crippen LogP contribution in [0.25, 0.3) is 6.08 Å². The van der Waals surface area contributed by atoms with Crippen molar-refractivity contribution in [1.29, 1.82) is 0 Å². The number of sulfonamides is 1. The Kier molecular flexibility index (Phi) is 6.48. The molecule has 2 aromatic rings. The van der Waals surface area contributed by atoms with E-state index in [1.165, 1.54) is 31.1 Å². The second-order valence-electron chi connectivity index (χ2n) is 6.88. The fourth-order valence-electron chi connectivity index (χ4n) is 3.00. The average molecular weight is 418 g/mol. The van der Waals surface area contributed by atoms with Crippen LogP contribution in [0.4, 0.5) is 15.9 Å². The van der Waals surface area contributed by atoms with E-state index in [0.717, 1.165) is 30.7 Å². The summed E-state index contributed by atoms with van der Waals surface area (Å²) in [7, 11) is -3.56. The number of carbonyl (C=O) groups is 1. The van der Waals surface area contributed by atoms with Crippen LogP contribution in [0, 0.1) is 5.82 Å². The zero-order valence-corrected chi connectivity index (χ0v) is 16.9. The second-order valence-corrected chi connectivity index (χ2v) is 8.63. The average Bonchev–Trinajstić information content (AvgIpc) is 3.21. The van der Waals surface area contributed by atoms with E-state index in [9.17, 15) is 17.6 Å². The molecule has 1 aliphatic heterocycles. The molecule has 1 aromatic heterocycles. The number of hydrogen-bond donors (Lipinski definition) is 2. The maximum atomic E-state index is 14.0. The molecular weight excluding hydrogens is 395 g/mol. The van der Waals surface area contributed by atoms with E-state index in [4.69, 9.17) is 0 Å². The minimum Gasteiger partial charge on any atom is -0.357 e. The van der Waals surface area contributed by atoms with E-state index < -0.39 is 15.8 Å². The van der Waals surface area contributed by atoms with Crippen molar-refractivity contribution < 1.29 is 17.6 Å². The Labute approximate surface area is 169 Å². The van der Waals surface area contributed by atoms with Gasteiger partial charge in [-0.25, -0.2) is 17.8 Å². The summed E-state index contributed by atoms with van der Waals surface area (Å²) in [4.78, 5) is 18.7. The van der Waals surface area contributed by atoms with Crippen LogP contribution in [0.3, 0.4) is 0 Å². The van der Waals surface area contributed by atoms with Crippen LogP contribution < -0.4 is 14.9 Å². The molecule has 1 fully saturated rings. The molecule has 3 rings (SSSR count). The second kappa shape index (κ2) is 9.04. The molecule has 0 radical (unpaired) electrons. The summed E-state index contributed by atoms with van der Waals surface area (Å²) in [6.07, 6.45) is 8.09. The quantitative estimate of drug-likeness (QED) is 0.675. The Hall–Kier alpha value is -2.94. The molecule has 0 aliphatic carbocycles. The van der Waals surface area contributed by atoms with Gasteiger partial charge in [0.05, 0.1) is 11.9 Å². The highest BCUT2D eigenvalue weighted by Crippen LogP contribution is 2.18. The van der Waals surface area contributed by atoms with E-state index >= 15 is 0 Å². The van der Waals surface area contributed by atoms with E-state index in [1.54, 1.807) is 18.3 Å². The minimum atomic E-state index is -3.56. The molecule has 7 nitrogen and oxygen atoms in total. The number of pyridine rings is 1. The first-order chi connectivity index (χ1) is 13.8. The van der Waals surface area contributed by atoms with Gasteiger partial charge in [-0.1, -0.05) is 6.07 Å². The summed E-state index contributed by atoms with van der Waals surface area (Å²) in [6.45, 7) is 2.17. The summed E-state index contributed by atoms with van der Waals surface area (Å²) in [6, 6.07) is 7.90. The first-order valence-electron chi connectivity index (χ1n) is 9.23. The highest BCUT2D eigenvalue weighted by Gasteiger charge is 2.12. The van der Waals surface area contributed by atoms with E-state index in [-0.39, 0.29) is 18.1 Å². The molecular formula is C20H23FN4O3S. The van der Waals surface area contributed by atoms with Crippen molar-refractivity contribution in [3.05, 3.63) is 59.5 Å². The van der Waals surface area contributed by atoms with Crippen LogP contribution in [-0.2, 0) is 21.4 Å². The fourth-order valence-corrected chi connectivity index (χ4v) is 3.57. The van der Waals surface area contributed by atoms with Gasteiger partial charge in [-0.3, -0.25) is 9.52 Å². The SMILES string of the molecule is CS(=O)(=O)Nc1ccc(CNC(=O)C=Cc2ccc(N3CCCC3)nc2)cc1F. The number of rotatable bonds is 7. The molecule has 1 saturated heterocycles. The van der Waals surface area contributed by atoms with E-state index in [1.807, 2.05) is 12.1 Å². The molecule has 1 amide bonds. The van der Waals surface area contributed by atoms with Crippen LogP contribution in [0.5, 0.6) is 0 Å². The van der Waals surface area contributed by atoms with Gasteiger partial charge in [-0.2, -0.15) is 0 Å². The normalized spacial score (nSPS) is 14.3. The molecule has 9 heteroatoms. The highest BCUT2D eigenvalue weighted by atomic mass is 32.2. The lowest BCUT2D eigenvalue weighted by atomic mass is 10.2. The molecule has 0 unspecified atom stereocenters. The van der Waals surface area contributed by atoms with Crippen molar-refractivity contribution in [3.8, 4) is 0 Å². The van der Waals surface area contributed by atoms with Gasteiger partial charge in [0.2, 0.25) is 15.9 Å². The molecule has 0 spiro atoms. The van der Waals surface area contributed by atoms with Gasteiger partial charge < -0.3 is 10.2 Å². The summed E-state index contributed by atoms with van der Waals surface area (Å²) in [5, 5.41) is 2.66. The number of aromatic nitrogens is 1. The predicted molar refractivity (Wildman–Crippen MR) is 111 cm³/mol. The summed E-state index contributed by atoms with van der Waals surface area (Å²) in [5.74, 6) is -0.0887. The van der Waals surface area contributed by atoms with Gasteiger partial charge in [-0.15, -0.1) is 0 Å². The molecule has 0 atom stereocenters. The van der Waals surface area contributed by atoms with Crippen LogP contribution in [0.15, 0.2) is 42.6 Å². The van der Waals surface area contributed by atoms with Gasteiger partial charge in [0, 0.05) is 31.9 Å². The van der Waals surface area contributed by atoms with E-state index in [2.05, 4.69) is 19.9 Å². The fraction of sp³-hybridized carbons (Fsp3) is 0.300. The molecule has 154 valence electrons. The largest absolute Gasteiger partial charge is 0.357 e. The Balaban J connectivity index is 1.52. The molecule has 2 heterocycles. The zero-order valence-electron chi connectivity index (χ0n) is 16.1. The maximum absolute atomic E-state index is 14.0.